The van der Waals surface area contributed by atoms with Gasteiger partial charge in [-0.2, -0.15) is 0 Å². The van der Waals surface area contributed by atoms with Crippen LogP contribution >= 0.6 is 0 Å². The van der Waals surface area contributed by atoms with Crippen LogP contribution in [0.5, 0.6) is 0 Å². The molecule has 1 rings (SSSR count). The Bertz CT molecular complexity index is 340. The SMILES string of the molecule is CC(C)OCCN(C)c1ncccc1[C@H](C)O. The first-order valence-corrected chi connectivity index (χ1v) is 5.98. The number of anilines is 1. The minimum absolute atomic E-state index is 0.239. The molecule has 0 aliphatic heterocycles. The van der Waals surface area contributed by atoms with Crippen molar-refractivity contribution < 1.29 is 9.84 Å². The number of aliphatic hydroxyl groups excluding tert-OH is 1. The van der Waals surface area contributed by atoms with E-state index in [9.17, 15) is 5.11 Å². The molecule has 0 spiro atoms. The lowest BCUT2D eigenvalue weighted by Crippen LogP contribution is -2.26. The molecule has 0 aliphatic rings. The molecule has 4 heteroatoms. The number of aliphatic hydroxyl groups is 1. The lowest BCUT2D eigenvalue weighted by Gasteiger charge is -2.22. The molecule has 4 nitrogen and oxygen atoms in total. The third-order valence-electron chi connectivity index (χ3n) is 2.51. The quantitative estimate of drug-likeness (QED) is 0.823. The molecule has 0 amide bonds. The molecule has 0 saturated carbocycles. The first-order valence-electron chi connectivity index (χ1n) is 5.98. The van der Waals surface area contributed by atoms with Crippen LogP contribution < -0.4 is 4.90 Å². The van der Waals surface area contributed by atoms with Gasteiger partial charge in [0, 0.05) is 25.4 Å². The molecule has 1 aromatic heterocycles. The maximum Gasteiger partial charge on any atom is 0.134 e. The van der Waals surface area contributed by atoms with Crippen molar-refractivity contribution in [2.24, 2.45) is 0 Å². The fourth-order valence-corrected chi connectivity index (χ4v) is 1.59. The Balaban J connectivity index is 2.65. The van der Waals surface area contributed by atoms with Crippen molar-refractivity contribution in [1.29, 1.82) is 0 Å². The van der Waals surface area contributed by atoms with Crippen molar-refractivity contribution in [1.82, 2.24) is 4.98 Å². The van der Waals surface area contributed by atoms with Gasteiger partial charge in [-0.3, -0.25) is 0 Å². The van der Waals surface area contributed by atoms with Crippen LogP contribution in [0.2, 0.25) is 0 Å². The van der Waals surface area contributed by atoms with Gasteiger partial charge in [0.2, 0.25) is 0 Å². The number of hydrogen-bond acceptors (Lipinski definition) is 4. The fourth-order valence-electron chi connectivity index (χ4n) is 1.59. The standard InChI is InChI=1S/C13H22N2O2/c1-10(2)17-9-8-15(4)13-12(11(3)16)6-5-7-14-13/h5-7,10-11,16H,8-9H2,1-4H3/t11-/m0/s1. The smallest absolute Gasteiger partial charge is 0.134 e. The summed E-state index contributed by atoms with van der Waals surface area (Å²) in [5, 5.41) is 9.67. The molecule has 0 unspecified atom stereocenters. The highest BCUT2D eigenvalue weighted by molar-refractivity contribution is 5.46. The zero-order chi connectivity index (χ0) is 12.8. The first kappa shape index (κ1) is 13.9. The normalized spacial score (nSPS) is 12.8. The van der Waals surface area contributed by atoms with Gasteiger partial charge in [0.25, 0.3) is 0 Å². The van der Waals surface area contributed by atoms with Crippen LogP contribution in [-0.2, 0) is 4.74 Å². The van der Waals surface area contributed by atoms with Crippen LogP contribution in [0, 0.1) is 0 Å². The lowest BCUT2D eigenvalue weighted by atomic mass is 10.1. The van der Waals surface area contributed by atoms with Crippen molar-refractivity contribution in [2.45, 2.75) is 33.0 Å². The molecular formula is C13H22N2O2. The molecule has 0 aliphatic carbocycles. The van der Waals surface area contributed by atoms with Crippen molar-refractivity contribution >= 4 is 5.82 Å². The zero-order valence-electron chi connectivity index (χ0n) is 11.1. The predicted molar refractivity (Wildman–Crippen MR) is 69.2 cm³/mol. The Kier molecular flexibility index (Phi) is 5.38. The van der Waals surface area contributed by atoms with Crippen molar-refractivity contribution in [3.05, 3.63) is 23.9 Å². The van der Waals surface area contributed by atoms with Gasteiger partial charge in [-0.15, -0.1) is 0 Å². The molecule has 1 atom stereocenters. The van der Waals surface area contributed by atoms with E-state index in [4.69, 9.17) is 4.74 Å². The molecule has 0 radical (unpaired) electrons. The minimum atomic E-state index is -0.507. The zero-order valence-corrected chi connectivity index (χ0v) is 11.1. The van der Waals surface area contributed by atoms with Crippen LogP contribution in [0.15, 0.2) is 18.3 Å². The van der Waals surface area contributed by atoms with E-state index in [1.807, 2.05) is 37.9 Å². The Morgan fingerprint density at radius 2 is 2.12 bits per heavy atom. The average Bonchev–Trinajstić information content (AvgIpc) is 2.28. The molecule has 0 aromatic carbocycles. The van der Waals surface area contributed by atoms with Gasteiger partial charge >= 0.3 is 0 Å². The summed E-state index contributed by atoms with van der Waals surface area (Å²) < 4.78 is 5.50. The maximum absolute atomic E-state index is 9.67. The number of aromatic nitrogens is 1. The molecule has 1 N–H and O–H groups in total. The predicted octanol–water partition coefficient (Wildman–Crippen LogP) is 2.00. The third-order valence-corrected chi connectivity index (χ3v) is 2.51. The van der Waals surface area contributed by atoms with E-state index in [0.29, 0.717) is 6.61 Å². The number of hydrogen-bond donors (Lipinski definition) is 1. The number of rotatable bonds is 6. The first-order chi connectivity index (χ1) is 8.02. The van der Waals surface area contributed by atoms with Crippen LogP contribution in [0.25, 0.3) is 0 Å². The van der Waals surface area contributed by atoms with E-state index in [0.717, 1.165) is 17.9 Å². The Labute approximate surface area is 103 Å². The molecular weight excluding hydrogens is 216 g/mol. The number of likely N-dealkylation sites (N-methyl/N-ethyl adjacent to an activating group) is 1. The summed E-state index contributed by atoms with van der Waals surface area (Å²) in [6.07, 6.45) is 1.47. The van der Waals surface area contributed by atoms with E-state index in [2.05, 4.69) is 4.98 Å². The summed E-state index contributed by atoms with van der Waals surface area (Å²) in [5.41, 5.74) is 0.847. The van der Waals surface area contributed by atoms with Crippen molar-refractivity contribution in [3.63, 3.8) is 0 Å². The second-order valence-electron chi connectivity index (χ2n) is 4.43. The van der Waals surface area contributed by atoms with Gasteiger partial charge in [-0.1, -0.05) is 6.07 Å². The largest absolute Gasteiger partial charge is 0.389 e. The van der Waals surface area contributed by atoms with Gasteiger partial charge < -0.3 is 14.7 Å². The minimum Gasteiger partial charge on any atom is -0.389 e. The summed E-state index contributed by atoms with van der Waals surface area (Å²) in [4.78, 5) is 6.31. The summed E-state index contributed by atoms with van der Waals surface area (Å²) in [7, 11) is 1.96. The Hall–Kier alpha value is -1.13. The second kappa shape index (κ2) is 6.57. The molecule has 96 valence electrons. The molecule has 17 heavy (non-hydrogen) atoms. The second-order valence-corrected chi connectivity index (χ2v) is 4.43. The van der Waals surface area contributed by atoms with E-state index in [1.54, 1.807) is 13.1 Å². The fraction of sp³-hybridized carbons (Fsp3) is 0.615. The van der Waals surface area contributed by atoms with Crippen LogP contribution in [0.4, 0.5) is 5.82 Å². The van der Waals surface area contributed by atoms with Crippen molar-refractivity contribution in [2.75, 3.05) is 25.1 Å². The molecule has 0 bridgehead atoms. The Morgan fingerprint density at radius 3 is 2.71 bits per heavy atom. The van der Waals surface area contributed by atoms with Crippen LogP contribution in [0.3, 0.4) is 0 Å². The van der Waals surface area contributed by atoms with Gasteiger partial charge in [-0.25, -0.2) is 4.98 Å². The molecule has 1 aromatic rings. The highest BCUT2D eigenvalue weighted by Crippen LogP contribution is 2.22. The summed E-state index contributed by atoms with van der Waals surface area (Å²) in [6.45, 7) is 7.20. The highest BCUT2D eigenvalue weighted by Gasteiger charge is 2.12. The lowest BCUT2D eigenvalue weighted by molar-refractivity contribution is 0.0844. The van der Waals surface area contributed by atoms with E-state index in [-0.39, 0.29) is 6.10 Å². The average molecular weight is 238 g/mol. The summed E-state index contributed by atoms with van der Waals surface area (Å²) in [5.74, 6) is 0.815. The van der Waals surface area contributed by atoms with Gasteiger partial charge in [-0.05, 0) is 26.8 Å². The van der Waals surface area contributed by atoms with Crippen LogP contribution in [-0.4, -0.2) is 36.4 Å². The molecule has 0 saturated heterocycles. The topological polar surface area (TPSA) is 45.6 Å². The Morgan fingerprint density at radius 1 is 1.41 bits per heavy atom. The van der Waals surface area contributed by atoms with Gasteiger partial charge in [0.15, 0.2) is 0 Å². The van der Waals surface area contributed by atoms with Gasteiger partial charge in [0.05, 0.1) is 18.8 Å². The highest BCUT2D eigenvalue weighted by atomic mass is 16.5. The van der Waals surface area contributed by atoms with E-state index < -0.39 is 6.10 Å². The van der Waals surface area contributed by atoms with Gasteiger partial charge in [0.1, 0.15) is 5.82 Å². The maximum atomic E-state index is 9.67. The molecule has 1 heterocycles. The number of ether oxygens (including phenoxy) is 1. The number of pyridine rings is 1. The summed E-state index contributed by atoms with van der Waals surface area (Å²) in [6, 6.07) is 3.73. The summed E-state index contributed by atoms with van der Waals surface area (Å²) >= 11 is 0. The molecule has 0 fully saturated rings. The monoisotopic (exact) mass is 238 g/mol. The van der Waals surface area contributed by atoms with E-state index >= 15 is 0 Å². The van der Waals surface area contributed by atoms with Crippen LogP contribution in [0.1, 0.15) is 32.4 Å². The number of nitrogens with zero attached hydrogens (tertiary/aromatic N) is 2. The van der Waals surface area contributed by atoms with E-state index in [1.165, 1.54) is 0 Å². The third kappa shape index (κ3) is 4.32. The van der Waals surface area contributed by atoms with Crippen molar-refractivity contribution in [3.8, 4) is 0 Å².